The number of hydrogen-bond donors (Lipinski definition) is 0. The first kappa shape index (κ1) is 17.1. The number of thioether (sulfide) groups is 1. The second-order valence-corrected chi connectivity index (χ2v) is 6.93. The fourth-order valence-electron chi connectivity index (χ4n) is 2.82. The summed E-state index contributed by atoms with van der Waals surface area (Å²) in [6, 6.07) is 21.9. The summed E-state index contributed by atoms with van der Waals surface area (Å²) in [6.45, 7) is 0. The third kappa shape index (κ3) is 3.50. The highest BCUT2D eigenvalue weighted by molar-refractivity contribution is 7.98. The topological polar surface area (TPSA) is 67.6 Å². The van der Waals surface area contributed by atoms with E-state index in [2.05, 4.69) is 40.5 Å². The van der Waals surface area contributed by atoms with Gasteiger partial charge in [0.1, 0.15) is 0 Å². The van der Waals surface area contributed by atoms with Crippen LogP contribution in [0.1, 0.15) is 11.1 Å². The summed E-state index contributed by atoms with van der Waals surface area (Å²) in [4.78, 5) is 0. The van der Waals surface area contributed by atoms with Crippen molar-refractivity contribution in [3.8, 4) is 28.8 Å². The van der Waals surface area contributed by atoms with E-state index in [1.807, 2.05) is 48.0 Å². The van der Waals surface area contributed by atoms with Crippen LogP contribution in [-0.4, -0.2) is 14.8 Å². The van der Waals surface area contributed by atoms with Crippen molar-refractivity contribution in [3.05, 3.63) is 78.1 Å². The Morgan fingerprint density at radius 2 is 1.85 bits per heavy atom. The van der Waals surface area contributed by atoms with Gasteiger partial charge in [-0.3, -0.25) is 0 Å². The molecule has 0 atom stereocenters. The van der Waals surface area contributed by atoms with E-state index in [0.717, 1.165) is 22.0 Å². The van der Waals surface area contributed by atoms with Gasteiger partial charge in [0.25, 0.3) is 0 Å². The highest BCUT2D eigenvalue weighted by Gasteiger charge is 2.13. The number of hydrogen-bond acceptors (Lipinski definition) is 5. The molecule has 2 aromatic heterocycles. The Morgan fingerprint density at radius 1 is 1.04 bits per heavy atom. The van der Waals surface area contributed by atoms with Gasteiger partial charge >= 0.3 is 0 Å². The van der Waals surface area contributed by atoms with Crippen LogP contribution in [0.2, 0.25) is 0 Å². The fraction of sp³-hybridized carbons (Fsp3) is 0.0952. The second kappa shape index (κ2) is 7.52. The standard InChI is InChI=1S/C21H16N4OS/c1-25-20(19-7-4-12-26-19)23-24-21(25)27-14-15-8-10-16(11-9-15)18-6-3-2-5-17(18)13-22/h2-12H,14H2,1H3. The molecule has 0 N–H and O–H groups in total. The predicted octanol–water partition coefficient (Wildman–Crippen LogP) is 4.91. The van der Waals surface area contributed by atoms with Crippen molar-refractivity contribution in [3.63, 3.8) is 0 Å². The Kier molecular flexibility index (Phi) is 4.77. The number of benzene rings is 2. The summed E-state index contributed by atoms with van der Waals surface area (Å²) in [5.41, 5.74) is 3.86. The first-order valence-electron chi connectivity index (χ1n) is 8.41. The predicted molar refractivity (Wildman–Crippen MR) is 105 cm³/mol. The summed E-state index contributed by atoms with van der Waals surface area (Å²) >= 11 is 1.62. The van der Waals surface area contributed by atoms with E-state index in [1.165, 1.54) is 5.56 Å². The van der Waals surface area contributed by atoms with Crippen molar-refractivity contribution in [1.29, 1.82) is 5.26 Å². The smallest absolute Gasteiger partial charge is 0.200 e. The molecule has 0 unspecified atom stereocenters. The molecule has 0 radical (unpaired) electrons. The summed E-state index contributed by atoms with van der Waals surface area (Å²) < 4.78 is 7.33. The minimum atomic E-state index is 0.684. The van der Waals surface area contributed by atoms with Crippen LogP contribution in [0.3, 0.4) is 0 Å². The molecule has 0 aliphatic heterocycles. The molecule has 4 rings (SSSR count). The minimum Gasteiger partial charge on any atom is -0.461 e. The highest BCUT2D eigenvalue weighted by atomic mass is 32.2. The normalized spacial score (nSPS) is 10.7. The maximum absolute atomic E-state index is 9.27. The number of furan rings is 1. The average molecular weight is 372 g/mol. The largest absolute Gasteiger partial charge is 0.461 e. The molecule has 4 aromatic rings. The number of nitrogens with zero attached hydrogens (tertiary/aromatic N) is 4. The first-order valence-corrected chi connectivity index (χ1v) is 9.39. The van der Waals surface area contributed by atoms with Crippen LogP contribution in [0.5, 0.6) is 0 Å². The molecule has 2 aromatic carbocycles. The summed E-state index contributed by atoms with van der Waals surface area (Å²) in [5.74, 6) is 2.20. The van der Waals surface area contributed by atoms with Crippen LogP contribution in [0, 0.1) is 11.3 Å². The minimum absolute atomic E-state index is 0.684. The van der Waals surface area contributed by atoms with E-state index in [-0.39, 0.29) is 0 Å². The van der Waals surface area contributed by atoms with Crippen LogP contribution in [0.25, 0.3) is 22.7 Å². The molecule has 132 valence electrons. The lowest BCUT2D eigenvalue weighted by Gasteiger charge is -2.06. The van der Waals surface area contributed by atoms with Crippen LogP contribution < -0.4 is 0 Å². The molecule has 0 aliphatic rings. The van der Waals surface area contributed by atoms with Gasteiger partial charge in [-0.25, -0.2) is 0 Å². The number of aromatic nitrogens is 3. The van der Waals surface area contributed by atoms with Crippen LogP contribution in [0.15, 0.2) is 76.5 Å². The Labute approximate surface area is 161 Å². The molecule has 0 bridgehead atoms. The highest BCUT2D eigenvalue weighted by Crippen LogP contribution is 2.27. The maximum Gasteiger partial charge on any atom is 0.200 e. The van der Waals surface area contributed by atoms with Gasteiger partial charge in [-0.1, -0.05) is 54.2 Å². The zero-order chi connectivity index (χ0) is 18.6. The van der Waals surface area contributed by atoms with Gasteiger partial charge in [-0.15, -0.1) is 10.2 Å². The third-order valence-electron chi connectivity index (χ3n) is 4.26. The lowest BCUT2D eigenvalue weighted by Crippen LogP contribution is -1.94. The molecular weight excluding hydrogens is 356 g/mol. The van der Waals surface area contributed by atoms with Gasteiger partial charge in [0.15, 0.2) is 16.7 Å². The average Bonchev–Trinajstić information content (AvgIpc) is 3.36. The van der Waals surface area contributed by atoms with E-state index in [9.17, 15) is 5.26 Å². The molecule has 0 spiro atoms. The summed E-state index contributed by atoms with van der Waals surface area (Å²) in [5, 5.41) is 18.6. The molecule has 0 saturated heterocycles. The zero-order valence-electron chi connectivity index (χ0n) is 14.7. The van der Waals surface area contributed by atoms with E-state index >= 15 is 0 Å². The van der Waals surface area contributed by atoms with Crippen LogP contribution >= 0.6 is 11.8 Å². The number of rotatable bonds is 5. The summed E-state index contributed by atoms with van der Waals surface area (Å²) in [7, 11) is 1.93. The zero-order valence-corrected chi connectivity index (χ0v) is 15.5. The second-order valence-electron chi connectivity index (χ2n) is 5.99. The fourth-order valence-corrected chi connectivity index (χ4v) is 3.69. The molecule has 6 heteroatoms. The summed E-state index contributed by atoms with van der Waals surface area (Å²) in [6.07, 6.45) is 1.63. The quantitative estimate of drug-likeness (QED) is 0.466. The van der Waals surface area contributed by atoms with Gasteiger partial charge in [0, 0.05) is 12.8 Å². The van der Waals surface area contributed by atoms with Gasteiger partial charge in [-0.2, -0.15) is 5.26 Å². The van der Waals surface area contributed by atoms with E-state index < -0.39 is 0 Å². The molecule has 2 heterocycles. The van der Waals surface area contributed by atoms with Gasteiger partial charge in [0.05, 0.1) is 17.9 Å². The molecule has 0 fully saturated rings. The monoisotopic (exact) mass is 372 g/mol. The Morgan fingerprint density at radius 3 is 2.59 bits per heavy atom. The van der Waals surface area contributed by atoms with Crippen molar-refractivity contribution < 1.29 is 4.42 Å². The van der Waals surface area contributed by atoms with Crippen LogP contribution in [0.4, 0.5) is 0 Å². The molecule has 27 heavy (non-hydrogen) atoms. The maximum atomic E-state index is 9.27. The van der Waals surface area contributed by atoms with Crippen molar-refractivity contribution in [2.75, 3.05) is 0 Å². The Hall–Kier alpha value is -3.30. The van der Waals surface area contributed by atoms with Crippen LogP contribution in [-0.2, 0) is 12.8 Å². The van der Waals surface area contributed by atoms with E-state index in [1.54, 1.807) is 18.0 Å². The Balaban J connectivity index is 1.48. The number of nitriles is 1. The molecule has 0 aliphatic carbocycles. The molecule has 5 nitrogen and oxygen atoms in total. The molecular formula is C21H16N4OS. The van der Waals surface area contributed by atoms with Gasteiger partial charge < -0.3 is 8.98 Å². The lowest BCUT2D eigenvalue weighted by molar-refractivity contribution is 0.572. The van der Waals surface area contributed by atoms with Crippen molar-refractivity contribution in [2.24, 2.45) is 7.05 Å². The first-order chi connectivity index (χ1) is 13.3. The molecule has 0 amide bonds. The van der Waals surface area contributed by atoms with Crippen molar-refractivity contribution in [1.82, 2.24) is 14.8 Å². The SMILES string of the molecule is Cn1c(SCc2ccc(-c3ccccc3C#N)cc2)nnc1-c1ccco1. The van der Waals surface area contributed by atoms with Crippen molar-refractivity contribution in [2.45, 2.75) is 10.9 Å². The van der Waals surface area contributed by atoms with E-state index in [0.29, 0.717) is 17.1 Å². The van der Waals surface area contributed by atoms with E-state index in [4.69, 9.17) is 4.42 Å². The third-order valence-corrected chi connectivity index (χ3v) is 5.35. The molecule has 0 saturated carbocycles. The van der Waals surface area contributed by atoms with Crippen molar-refractivity contribution >= 4 is 11.8 Å². The van der Waals surface area contributed by atoms with Gasteiger partial charge in [0.2, 0.25) is 0 Å². The Bertz CT molecular complexity index is 1090. The van der Waals surface area contributed by atoms with Gasteiger partial charge in [-0.05, 0) is 34.9 Å². The lowest BCUT2D eigenvalue weighted by atomic mass is 10.00.